The number of benzene rings is 2. The highest BCUT2D eigenvalue weighted by Crippen LogP contribution is 2.42. The lowest BCUT2D eigenvalue weighted by molar-refractivity contribution is -0.166. The lowest BCUT2D eigenvalue weighted by Crippen LogP contribution is -2.35. The van der Waals surface area contributed by atoms with E-state index >= 15 is 0 Å². The largest absolute Gasteiger partial charge is 0.502 e. The summed E-state index contributed by atoms with van der Waals surface area (Å²) in [6, 6.07) is 7.06. The van der Waals surface area contributed by atoms with Crippen molar-refractivity contribution >= 4 is 11.9 Å². The maximum absolute atomic E-state index is 11.9. The summed E-state index contributed by atoms with van der Waals surface area (Å²) in [7, 11) is 4.44. The Morgan fingerprint density at radius 2 is 1.28 bits per heavy atom. The molecule has 0 aromatic heterocycles. The second-order valence-electron chi connectivity index (χ2n) is 8.25. The molecule has 1 aliphatic heterocycles. The number of methoxy groups -OCH3 is 3. The fourth-order valence-corrected chi connectivity index (χ4v) is 4.11. The molecule has 3 rings (SSSR count). The topological polar surface area (TPSA) is 119 Å². The molecule has 36 heavy (non-hydrogen) atoms. The van der Waals surface area contributed by atoms with Gasteiger partial charge in [0.1, 0.15) is 12.2 Å². The summed E-state index contributed by atoms with van der Waals surface area (Å²) in [6.07, 6.45) is 0.308. The highest BCUT2D eigenvalue weighted by atomic mass is 16.7. The molecular weight excluding hydrogens is 472 g/mol. The Bertz CT molecular complexity index is 1020. The summed E-state index contributed by atoms with van der Waals surface area (Å²) in [4.78, 5) is 23.8. The van der Waals surface area contributed by atoms with Crippen molar-refractivity contribution in [1.29, 1.82) is 0 Å². The molecule has 0 unspecified atom stereocenters. The number of fused-ring (bicyclic) bond motifs is 1. The van der Waals surface area contributed by atoms with Gasteiger partial charge < -0.3 is 38.3 Å². The van der Waals surface area contributed by atoms with Gasteiger partial charge in [-0.2, -0.15) is 0 Å². The number of carbonyl (C=O) groups excluding carboxylic acids is 2. The lowest BCUT2D eigenvalue weighted by Gasteiger charge is -2.27. The van der Waals surface area contributed by atoms with Gasteiger partial charge in [-0.1, -0.05) is 0 Å². The third-order valence-corrected chi connectivity index (χ3v) is 5.74. The molecule has 10 nitrogen and oxygen atoms in total. The van der Waals surface area contributed by atoms with E-state index < -0.39 is 24.1 Å². The zero-order chi connectivity index (χ0) is 26.2. The Hall–Kier alpha value is -3.82. The molecule has 0 spiro atoms. The summed E-state index contributed by atoms with van der Waals surface area (Å²) in [6.45, 7) is 2.75. The van der Waals surface area contributed by atoms with Gasteiger partial charge >= 0.3 is 11.9 Å². The van der Waals surface area contributed by atoms with Crippen molar-refractivity contribution in [2.75, 3.05) is 28.1 Å². The van der Waals surface area contributed by atoms with Crippen LogP contribution in [0.25, 0.3) is 0 Å². The molecule has 0 saturated heterocycles. The standard InChI is InChI=1S/C26H32O10/c1-15(27)35-19(8-6-17-10-21(30-3)25(29)22(11-17)31-4)20(36-16(2)28)9-7-18-12-23(32-5)26-24(13-18)33-14-34-26/h10-13,19-20,29H,6-9,14H2,1-5H3/t19-,20-/m0/s1. The summed E-state index contributed by atoms with van der Waals surface area (Å²) in [5.74, 6) is 1.16. The molecule has 1 aliphatic rings. The van der Waals surface area contributed by atoms with Crippen LogP contribution in [0.15, 0.2) is 24.3 Å². The summed E-state index contributed by atoms with van der Waals surface area (Å²) in [5, 5.41) is 10.2. The van der Waals surface area contributed by atoms with Crippen LogP contribution in [0.3, 0.4) is 0 Å². The number of aryl methyl sites for hydroxylation is 2. The van der Waals surface area contributed by atoms with E-state index in [1.807, 2.05) is 12.1 Å². The lowest BCUT2D eigenvalue weighted by atomic mass is 9.97. The molecule has 10 heteroatoms. The predicted molar refractivity (Wildman–Crippen MR) is 128 cm³/mol. The van der Waals surface area contributed by atoms with Crippen molar-refractivity contribution in [2.45, 2.75) is 51.7 Å². The van der Waals surface area contributed by atoms with Gasteiger partial charge in [0.2, 0.25) is 18.3 Å². The van der Waals surface area contributed by atoms with Gasteiger partial charge in [-0.05, 0) is 61.1 Å². The van der Waals surface area contributed by atoms with E-state index in [1.165, 1.54) is 28.1 Å². The molecule has 0 saturated carbocycles. The number of rotatable bonds is 12. The van der Waals surface area contributed by atoms with Gasteiger partial charge in [0.05, 0.1) is 21.3 Å². The second-order valence-corrected chi connectivity index (χ2v) is 8.25. The van der Waals surface area contributed by atoms with Gasteiger partial charge in [-0.3, -0.25) is 9.59 Å². The van der Waals surface area contributed by atoms with Gasteiger partial charge in [0.15, 0.2) is 23.0 Å². The van der Waals surface area contributed by atoms with Crippen LogP contribution in [-0.2, 0) is 31.9 Å². The zero-order valence-electron chi connectivity index (χ0n) is 21.1. The first-order valence-electron chi connectivity index (χ1n) is 11.5. The molecule has 2 aromatic rings. The molecule has 2 atom stereocenters. The summed E-state index contributed by atoms with van der Waals surface area (Å²) < 4.78 is 38.0. The van der Waals surface area contributed by atoms with E-state index in [9.17, 15) is 14.7 Å². The van der Waals surface area contributed by atoms with Gasteiger partial charge in [-0.15, -0.1) is 0 Å². The number of phenolic OH excluding ortho intramolecular Hbond substituents is 1. The van der Waals surface area contributed by atoms with E-state index in [1.54, 1.807) is 19.2 Å². The normalized spacial score (nSPS) is 13.5. The van der Waals surface area contributed by atoms with Crippen LogP contribution >= 0.6 is 0 Å². The Morgan fingerprint density at radius 1 is 0.806 bits per heavy atom. The van der Waals surface area contributed by atoms with Crippen LogP contribution in [-0.4, -0.2) is 57.4 Å². The van der Waals surface area contributed by atoms with Gasteiger partial charge in [-0.25, -0.2) is 0 Å². The number of phenols is 1. The first-order valence-corrected chi connectivity index (χ1v) is 11.5. The van der Waals surface area contributed by atoms with Crippen LogP contribution in [0, 0.1) is 0 Å². The quantitative estimate of drug-likeness (QED) is 0.430. The molecule has 0 bridgehead atoms. The van der Waals surface area contributed by atoms with Crippen LogP contribution < -0.4 is 23.7 Å². The number of carbonyl (C=O) groups is 2. The highest BCUT2D eigenvalue weighted by molar-refractivity contribution is 5.67. The van der Waals surface area contributed by atoms with Crippen LogP contribution in [0.5, 0.6) is 34.5 Å². The highest BCUT2D eigenvalue weighted by Gasteiger charge is 2.28. The van der Waals surface area contributed by atoms with Crippen molar-refractivity contribution in [3.8, 4) is 34.5 Å². The molecule has 0 radical (unpaired) electrons. The summed E-state index contributed by atoms with van der Waals surface area (Å²) >= 11 is 0. The Morgan fingerprint density at radius 3 is 1.75 bits per heavy atom. The van der Waals surface area contributed by atoms with Crippen LogP contribution in [0.2, 0.25) is 0 Å². The zero-order valence-corrected chi connectivity index (χ0v) is 21.1. The number of esters is 2. The smallest absolute Gasteiger partial charge is 0.303 e. The first-order chi connectivity index (χ1) is 17.2. The molecule has 0 fully saturated rings. The second kappa shape index (κ2) is 12.2. The van der Waals surface area contributed by atoms with Crippen molar-refractivity contribution in [1.82, 2.24) is 0 Å². The third-order valence-electron chi connectivity index (χ3n) is 5.74. The molecule has 1 heterocycles. The Kier molecular flexibility index (Phi) is 9.10. The summed E-state index contributed by atoms with van der Waals surface area (Å²) in [5.41, 5.74) is 1.68. The number of hydrogen-bond acceptors (Lipinski definition) is 10. The molecule has 2 aromatic carbocycles. The Balaban J connectivity index is 1.79. The van der Waals surface area contributed by atoms with E-state index in [0.717, 1.165) is 11.1 Å². The van der Waals surface area contributed by atoms with Crippen LogP contribution in [0.4, 0.5) is 0 Å². The molecule has 196 valence electrons. The fourth-order valence-electron chi connectivity index (χ4n) is 4.11. The average molecular weight is 505 g/mol. The molecule has 1 N–H and O–H groups in total. The maximum atomic E-state index is 11.9. The van der Waals surface area contributed by atoms with Crippen molar-refractivity contribution in [3.05, 3.63) is 35.4 Å². The molecular formula is C26H32O10. The minimum atomic E-state index is -0.701. The maximum Gasteiger partial charge on any atom is 0.303 e. The third kappa shape index (κ3) is 6.65. The van der Waals surface area contributed by atoms with Crippen molar-refractivity contribution < 1.29 is 47.9 Å². The number of aromatic hydroxyl groups is 1. The predicted octanol–water partition coefficient (Wildman–Crippen LogP) is 3.58. The monoisotopic (exact) mass is 504 g/mol. The average Bonchev–Trinajstić information content (AvgIpc) is 3.32. The number of ether oxygens (including phenoxy) is 7. The molecule has 0 amide bonds. The minimum absolute atomic E-state index is 0.0998. The first kappa shape index (κ1) is 26.8. The SMILES string of the molecule is COc1cc(CC[C@H](OC(C)=O)[C@H](CCc2cc(OC)c3c(c2)OCO3)OC(C)=O)cc(OC)c1O. The van der Waals surface area contributed by atoms with Gasteiger partial charge in [0.25, 0.3) is 0 Å². The van der Waals surface area contributed by atoms with Crippen LogP contribution in [0.1, 0.15) is 37.8 Å². The number of hydrogen-bond donors (Lipinski definition) is 1. The van der Waals surface area contributed by atoms with Crippen molar-refractivity contribution in [2.24, 2.45) is 0 Å². The van der Waals surface area contributed by atoms with E-state index in [0.29, 0.717) is 42.9 Å². The van der Waals surface area contributed by atoms with E-state index in [-0.39, 0.29) is 24.0 Å². The van der Waals surface area contributed by atoms with Gasteiger partial charge in [0, 0.05) is 13.8 Å². The van der Waals surface area contributed by atoms with Crippen molar-refractivity contribution in [3.63, 3.8) is 0 Å². The van der Waals surface area contributed by atoms with E-state index in [2.05, 4.69) is 0 Å². The minimum Gasteiger partial charge on any atom is -0.502 e. The van der Waals surface area contributed by atoms with E-state index in [4.69, 9.17) is 33.2 Å². The molecule has 0 aliphatic carbocycles. The fraction of sp³-hybridized carbons (Fsp3) is 0.462. The Labute approximate surface area is 210 Å².